The Balaban J connectivity index is 1.71. The summed E-state index contributed by atoms with van der Waals surface area (Å²) in [4.78, 5) is 0. The van der Waals surface area contributed by atoms with Crippen LogP contribution in [0.3, 0.4) is 0 Å². The van der Waals surface area contributed by atoms with E-state index >= 15 is 0 Å². The molecule has 5 atom stereocenters. The van der Waals surface area contributed by atoms with Crippen LogP contribution in [0.1, 0.15) is 78.1 Å². The fourth-order valence-electron chi connectivity index (χ4n) is 6.27. The molecule has 4 fully saturated rings. The highest BCUT2D eigenvalue weighted by molar-refractivity contribution is 8.02. The first kappa shape index (κ1) is 12.1. The Labute approximate surface area is 117 Å². The van der Waals surface area contributed by atoms with Crippen molar-refractivity contribution in [2.45, 2.75) is 87.5 Å². The zero-order valence-corrected chi connectivity index (χ0v) is 13.0. The van der Waals surface area contributed by atoms with E-state index in [1.807, 2.05) is 0 Å². The molecule has 0 N–H and O–H groups in total. The Kier molecular flexibility index (Phi) is 2.50. The van der Waals surface area contributed by atoms with Crippen LogP contribution in [0.4, 0.5) is 0 Å². The molecule has 0 aromatic carbocycles. The van der Waals surface area contributed by atoms with Crippen LogP contribution in [0, 0.1) is 17.3 Å². The molecule has 5 unspecified atom stereocenters. The molecular weight excluding hydrogens is 236 g/mol. The summed E-state index contributed by atoms with van der Waals surface area (Å²) >= 11 is 2.44. The summed E-state index contributed by atoms with van der Waals surface area (Å²) in [5, 5.41) is 0. The first-order valence-corrected chi connectivity index (χ1v) is 9.08. The Morgan fingerprint density at radius 1 is 0.833 bits per heavy atom. The van der Waals surface area contributed by atoms with Crippen molar-refractivity contribution >= 4 is 11.8 Å². The highest BCUT2D eigenvalue weighted by Gasteiger charge is 2.62. The molecule has 1 heteroatoms. The lowest BCUT2D eigenvalue weighted by Gasteiger charge is -2.60. The van der Waals surface area contributed by atoms with Gasteiger partial charge in [0.15, 0.2) is 0 Å². The molecule has 2 heterocycles. The van der Waals surface area contributed by atoms with Crippen molar-refractivity contribution in [3.8, 4) is 0 Å². The van der Waals surface area contributed by atoms with Crippen molar-refractivity contribution in [2.24, 2.45) is 17.3 Å². The van der Waals surface area contributed by atoms with E-state index < -0.39 is 0 Å². The lowest BCUT2D eigenvalue weighted by molar-refractivity contribution is -0.0263. The topological polar surface area (TPSA) is 0 Å². The van der Waals surface area contributed by atoms with Gasteiger partial charge in [0.1, 0.15) is 0 Å². The van der Waals surface area contributed by atoms with Gasteiger partial charge in [-0.05, 0) is 68.6 Å². The second-order valence-corrected chi connectivity index (χ2v) is 10.2. The maximum Gasteiger partial charge on any atom is 0.0199 e. The molecule has 4 aliphatic rings. The Hall–Kier alpha value is 0.350. The summed E-state index contributed by atoms with van der Waals surface area (Å²) in [5.41, 5.74) is 0.717. The molecule has 102 valence electrons. The Bertz CT molecular complexity index is 363. The van der Waals surface area contributed by atoms with Crippen molar-refractivity contribution < 1.29 is 0 Å². The van der Waals surface area contributed by atoms with Crippen molar-refractivity contribution in [2.75, 3.05) is 0 Å². The maximum atomic E-state index is 2.68. The molecule has 0 amide bonds. The van der Waals surface area contributed by atoms with Gasteiger partial charge in [0.05, 0.1) is 0 Å². The average molecular weight is 264 g/mol. The van der Waals surface area contributed by atoms with Crippen molar-refractivity contribution in [1.29, 1.82) is 0 Å². The largest absolute Gasteiger partial charge is 0.148 e. The van der Waals surface area contributed by atoms with E-state index in [2.05, 4.69) is 25.6 Å². The first-order valence-electron chi connectivity index (χ1n) is 8.27. The van der Waals surface area contributed by atoms with Crippen molar-refractivity contribution in [3.63, 3.8) is 0 Å². The molecule has 2 saturated carbocycles. The molecule has 0 nitrogen and oxygen atoms in total. The third-order valence-corrected chi connectivity index (χ3v) is 9.29. The molecule has 2 aliphatic heterocycles. The zero-order valence-electron chi connectivity index (χ0n) is 12.1. The van der Waals surface area contributed by atoms with E-state index in [1.165, 1.54) is 25.7 Å². The summed E-state index contributed by atoms with van der Waals surface area (Å²) in [5.74, 6) is 2.14. The molecule has 2 bridgehead atoms. The van der Waals surface area contributed by atoms with Gasteiger partial charge in [-0.2, -0.15) is 0 Å². The van der Waals surface area contributed by atoms with Crippen LogP contribution in [0.2, 0.25) is 0 Å². The molecule has 0 radical (unpaired) electrons. The minimum atomic E-state index is 0.661. The number of hydrogen-bond donors (Lipinski definition) is 0. The molecule has 0 aromatic heterocycles. The first-order chi connectivity index (χ1) is 8.57. The minimum Gasteiger partial charge on any atom is -0.148 e. The molecular formula is C17H28S. The van der Waals surface area contributed by atoms with Gasteiger partial charge in [-0.25, -0.2) is 0 Å². The summed E-state index contributed by atoms with van der Waals surface area (Å²) in [7, 11) is 0. The summed E-state index contributed by atoms with van der Waals surface area (Å²) in [6.07, 6.45) is 15.3. The van der Waals surface area contributed by atoms with Crippen molar-refractivity contribution in [1.82, 2.24) is 0 Å². The van der Waals surface area contributed by atoms with Gasteiger partial charge in [0.25, 0.3) is 0 Å². The fourth-order valence-corrected chi connectivity index (χ4v) is 8.62. The van der Waals surface area contributed by atoms with Gasteiger partial charge in [-0.3, -0.25) is 0 Å². The zero-order chi connectivity index (χ0) is 12.4. The van der Waals surface area contributed by atoms with E-state index in [9.17, 15) is 0 Å². The standard InChI is InChI=1S/C17H28S/c1-15-9-7-14-16(2)8-4-3-5-13(16)6-10-17(14,18-15)12-11-15/h13-14H,3-12H2,1-2H3. The molecule has 2 aliphatic carbocycles. The third kappa shape index (κ3) is 1.46. The molecule has 1 spiro atoms. The normalized spacial score (nSPS) is 59.0. The third-order valence-electron chi connectivity index (χ3n) is 7.29. The lowest BCUT2D eigenvalue weighted by atomic mass is 9.51. The number of thioether (sulfide) groups is 1. The second-order valence-electron chi connectivity index (χ2n) is 8.20. The highest BCUT2D eigenvalue weighted by atomic mass is 32.2. The predicted octanol–water partition coefficient (Wildman–Crippen LogP) is 5.41. The van der Waals surface area contributed by atoms with Crippen molar-refractivity contribution in [3.05, 3.63) is 0 Å². The SMILES string of the molecule is CC12CCC3C(CCC4CCCCC43C)(CC1)S2. The quantitative estimate of drug-likeness (QED) is 0.563. The smallest absolute Gasteiger partial charge is 0.0199 e. The van der Waals surface area contributed by atoms with Gasteiger partial charge in [-0.15, -0.1) is 11.8 Å². The number of rotatable bonds is 0. The van der Waals surface area contributed by atoms with Gasteiger partial charge in [-0.1, -0.05) is 26.7 Å². The van der Waals surface area contributed by atoms with Crippen LogP contribution in [0.25, 0.3) is 0 Å². The summed E-state index contributed by atoms with van der Waals surface area (Å²) < 4.78 is 1.38. The molecule has 18 heavy (non-hydrogen) atoms. The van der Waals surface area contributed by atoms with Crippen LogP contribution in [0.5, 0.6) is 0 Å². The minimum absolute atomic E-state index is 0.661. The van der Waals surface area contributed by atoms with E-state index in [-0.39, 0.29) is 0 Å². The molecule has 0 aromatic rings. The summed E-state index contributed by atoms with van der Waals surface area (Å²) in [6, 6.07) is 0. The van der Waals surface area contributed by atoms with E-state index in [0.29, 0.717) is 4.75 Å². The molecule has 4 rings (SSSR count). The van der Waals surface area contributed by atoms with Crippen LogP contribution in [-0.4, -0.2) is 9.49 Å². The Morgan fingerprint density at radius 2 is 1.72 bits per heavy atom. The number of hydrogen-bond acceptors (Lipinski definition) is 1. The molecule has 2 saturated heterocycles. The average Bonchev–Trinajstić information content (AvgIpc) is 2.59. The van der Waals surface area contributed by atoms with Crippen LogP contribution >= 0.6 is 11.8 Å². The van der Waals surface area contributed by atoms with E-state index in [0.717, 1.165) is 22.0 Å². The van der Waals surface area contributed by atoms with E-state index in [4.69, 9.17) is 0 Å². The lowest BCUT2D eigenvalue weighted by Crippen LogP contribution is -2.54. The van der Waals surface area contributed by atoms with Gasteiger partial charge in [0, 0.05) is 9.49 Å². The maximum absolute atomic E-state index is 2.68. The van der Waals surface area contributed by atoms with Gasteiger partial charge >= 0.3 is 0 Å². The van der Waals surface area contributed by atoms with Crippen LogP contribution < -0.4 is 0 Å². The number of fused-ring (bicyclic) bond motifs is 3. The fraction of sp³-hybridized carbons (Fsp3) is 1.00. The monoisotopic (exact) mass is 264 g/mol. The predicted molar refractivity (Wildman–Crippen MR) is 80.0 cm³/mol. The highest BCUT2D eigenvalue weighted by Crippen LogP contribution is 2.71. The van der Waals surface area contributed by atoms with Gasteiger partial charge < -0.3 is 0 Å². The van der Waals surface area contributed by atoms with Crippen LogP contribution in [-0.2, 0) is 0 Å². The van der Waals surface area contributed by atoms with Gasteiger partial charge in [0.2, 0.25) is 0 Å². The Morgan fingerprint density at radius 3 is 2.61 bits per heavy atom. The summed E-state index contributed by atoms with van der Waals surface area (Å²) in [6.45, 7) is 5.24. The second kappa shape index (κ2) is 3.71. The van der Waals surface area contributed by atoms with E-state index in [1.54, 1.807) is 38.5 Å². The van der Waals surface area contributed by atoms with Crippen LogP contribution in [0.15, 0.2) is 0 Å².